The van der Waals surface area contributed by atoms with Gasteiger partial charge in [0.15, 0.2) is 5.82 Å². The van der Waals surface area contributed by atoms with Crippen LogP contribution in [0.3, 0.4) is 0 Å². The number of ether oxygens (including phenoxy) is 2. The van der Waals surface area contributed by atoms with Gasteiger partial charge in [-0.1, -0.05) is 17.3 Å². The zero-order valence-electron chi connectivity index (χ0n) is 18.7. The predicted molar refractivity (Wildman–Crippen MR) is 115 cm³/mol. The predicted octanol–water partition coefficient (Wildman–Crippen LogP) is 2.41. The summed E-state index contributed by atoms with van der Waals surface area (Å²) in [4.78, 5) is 21.3. The molecule has 0 spiro atoms. The minimum atomic E-state index is 0.0787. The van der Waals surface area contributed by atoms with Crippen molar-refractivity contribution < 1.29 is 18.8 Å². The summed E-state index contributed by atoms with van der Waals surface area (Å²) in [6, 6.07) is 6.31. The molecule has 8 nitrogen and oxygen atoms in total. The lowest BCUT2D eigenvalue weighted by atomic mass is 9.98. The lowest BCUT2D eigenvalue weighted by Crippen LogP contribution is -2.44. The van der Waals surface area contributed by atoms with E-state index in [-0.39, 0.29) is 17.7 Å². The molecule has 1 amide bonds. The molecular weight excluding hydrogens is 396 g/mol. The molecule has 8 heteroatoms. The van der Waals surface area contributed by atoms with Gasteiger partial charge in [0, 0.05) is 58.8 Å². The number of likely N-dealkylation sites (tertiary alicyclic amines) is 1. The molecule has 2 aromatic rings. The highest BCUT2D eigenvalue weighted by Gasteiger charge is 2.32. The Morgan fingerprint density at radius 2 is 2.06 bits per heavy atom. The van der Waals surface area contributed by atoms with Gasteiger partial charge in [-0.2, -0.15) is 4.98 Å². The van der Waals surface area contributed by atoms with Crippen molar-refractivity contribution in [3.05, 3.63) is 41.0 Å². The second-order valence-electron chi connectivity index (χ2n) is 8.64. The van der Waals surface area contributed by atoms with E-state index in [2.05, 4.69) is 34.1 Å². The number of rotatable bonds is 8. The Bertz CT molecular complexity index is 887. The van der Waals surface area contributed by atoms with Gasteiger partial charge in [-0.3, -0.25) is 9.69 Å². The molecule has 3 heterocycles. The van der Waals surface area contributed by atoms with Crippen LogP contribution in [0.4, 0.5) is 0 Å². The monoisotopic (exact) mass is 428 g/mol. The molecule has 1 aromatic heterocycles. The van der Waals surface area contributed by atoms with E-state index in [1.54, 1.807) is 12.0 Å². The molecule has 168 valence electrons. The smallest absolute Gasteiger partial charge is 0.232 e. The molecule has 0 radical (unpaired) electrons. The number of likely N-dealkylation sites (N-methyl/N-ethyl adjacent to an activating group) is 1. The molecule has 0 atom stereocenters. The van der Waals surface area contributed by atoms with E-state index in [1.807, 2.05) is 13.1 Å². The maximum atomic E-state index is 12.5. The third-order valence-corrected chi connectivity index (χ3v) is 6.27. The number of carbonyl (C=O) groups excluding carboxylic acids is 1. The van der Waals surface area contributed by atoms with E-state index in [0.717, 1.165) is 43.8 Å². The quantitative estimate of drug-likeness (QED) is 0.639. The average molecular weight is 429 g/mol. The van der Waals surface area contributed by atoms with Crippen LogP contribution >= 0.6 is 0 Å². The summed E-state index contributed by atoms with van der Waals surface area (Å²) >= 11 is 0. The van der Waals surface area contributed by atoms with Crippen molar-refractivity contribution in [1.82, 2.24) is 19.9 Å². The minimum absolute atomic E-state index is 0.0787. The van der Waals surface area contributed by atoms with Crippen molar-refractivity contribution in [2.45, 2.75) is 38.6 Å². The molecule has 0 bridgehead atoms. The third kappa shape index (κ3) is 5.25. The number of hydrogen-bond acceptors (Lipinski definition) is 7. The standard InChI is InChI=1S/C23H32N4O4/c1-16-12-17(4-5-20(16)29-3)13-27-14-19(15-27)22-24-21(25-31-22)6-9-26(2)23(28)18-7-10-30-11-8-18/h4-5,12,18-19H,6-11,13-15H2,1-3H3. The van der Waals surface area contributed by atoms with Gasteiger partial charge in [-0.05, 0) is 37.0 Å². The van der Waals surface area contributed by atoms with Crippen molar-refractivity contribution in [1.29, 1.82) is 0 Å². The Morgan fingerprint density at radius 3 is 2.77 bits per heavy atom. The van der Waals surface area contributed by atoms with Crippen LogP contribution in [0.2, 0.25) is 0 Å². The maximum absolute atomic E-state index is 12.5. The van der Waals surface area contributed by atoms with Gasteiger partial charge in [0.2, 0.25) is 11.8 Å². The van der Waals surface area contributed by atoms with Crippen molar-refractivity contribution in [3.63, 3.8) is 0 Å². The normalized spacial score (nSPS) is 18.0. The molecule has 2 saturated heterocycles. The van der Waals surface area contributed by atoms with Crippen molar-refractivity contribution >= 4 is 5.91 Å². The summed E-state index contributed by atoms with van der Waals surface area (Å²) in [6.07, 6.45) is 2.23. The first-order valence-corrected chi connectivity index (χ1v) is 11.0. The van der Waals surface area contributed by atoms with Crippen LogP contribution in [0, 0.1) is 12.8 Å². The van der Waals surface area contributed by atoms with Crippen LogP contribution in [0.15, 0.2) is 22.7 Å². The second kappa shape index (κ2) is 9.78. The fourth-order valence-electron chi connectivity index (χ4n) is 4.32. The van der Waals surface area contributed by atoms with E-state index < -0.39 is 0 Å². The minimum Gasteiger partial charge on any atom is -0.496 e. The first-order chi connectivity index (χ1) is 15.0. The molecular formula is C23H32N4O4. The Morgan fingerprint density at radius 1 is 1.29 bits per heavy atom. The van der Waals surface area contributed by atoms with Crippen LogP contribution in [0.5, 0.6) is 5.75 Å². The van der Waals surface area contributed by atoms with Gasteiger partial charge in [0.1, 0.15) is 5.75 Å². The lowest BCUT2D eigenvalue weighted by Gasteiger charge is -2.37. The average Bonchev–Trinajstić information content (AvgIpc) is 3.23. The summed E-state index contributed by atoms with van der Waals surface area (Å²) in [5.74, 6) is 2.85. The number of carbonyl (C=O) groups is 1. The number of methoxy groups -OCH3 is 1. The number of aryl methyl sites for hydroxylation is 1. The van der Waals surface area contributed by atoms with E-state index in [0.29, 0.717) is 37.9 Å². The van der Waals surface area contributed by atoms with Crippen LogP contribution in [0.25, 0.3) is 0 Å². The zero-order chi connectivity index (χ0) is 21.8. The van der Waals surface area contributed by atoms with Crippen molar-refractivity contribution in [2.75, 3.05) is 47.0 Å². The summed E-state index contributed by atoms with van der Waals surface area (Å²) in [5, 5.41) is 4.13. The van der Waals surface area contributed by atoms with Gasteiger partial charge < -0.3 is 18.9 Å². The maximum Gasteiger partial charge on any atom is 0.232 e. The molecule has 31 heavy (non-hydrogen) atoms. The summed E-state index contributed by atoms with van der Waals surface area (Å²) < 4.78 is 16.2. The molecule has 0 unspecified atom stereocenters. The first kappa shape index (κ1) is 21.8. The van der Waals surface area contributed by atoms with Gasteiger partial charge >= 0.3 is 0 Å². The molecule has 4 rings (SSSR count). The van der Waals surface area contributed by atoms with Gasteiger partial charge in [0.25, 0.3) is 0 Å². The molecule has 0 aliphatic carbocycles. The number of benzene rings is 1. The van der Waals surface area contributed by atoms with Gasteiger partial charge in [-0.25, -0.2) is 0 Å². The Balaban J connectivity index is 1.22. The zero-order valence-corrected chi connectivity index (χ0v) is 18.7. The fraction of sp³-hybridized carbons (Fsp3) is 0.609. The Hall–Kier alpha value is -2.45. The van der Waals surface area contributed by atoms with Crippen LogP contribution in [-0.2, 0) is 22.5 Å². The van der Waals surface area contributed by atoms with Crippen LogP contribution < -0.4 is 4.74 Å². The van der Waals surface area contributed by atoms with Crippen LogP contribution in [0.1, 0.15) is 41.6 Å². The van der Waals surface area contributed by atoms with Crippen molar-refractivity contribution in [2.24, 2.45) is 5.92 Å². The van der Waals surface area contributed by atoms with Crippen LogP contribution in [-0.4, -0.2) is 72.9 Å². The SMILES string of the molecule is COc1ccc(CN2CC(c3nc(CCN(C)C(=O)C4CCOCC4)no3)C2)cc1C. The molecule has 2 fully saturated rings. The van der Waals surface area contributed by atoms with E-state index in [9.17, 15) is 4.79 Å². The molecule has 0 N–H and O–H groups in total. The van der Waals surface area contributed by atoms with E-state index in [4.69, 9.17) is 14.0 Å². The molecule has 0 saturated carbocycles. The van der Waals surface area contributed by atoms with E-state index in [1.165, 1.54) is 5.56 Å². The highest BCUT2D eigenvalue weighted by Crippen LogP contribution is 2.28. The van der Waals surface area contributed by atoms with Gasteiger partial charge in [0.05, 0.1) is 13.0 Å². The summed E-state index contributed by atoms with van der Waals surface area (Å²) in [7, 11) is 3.55. The molecule has 2 aliphatic heterocycles. The van der Waals surface area contributed by atoms with Gasteiger partial charge in [-0.15, -0.1) is 0 Å². The highest BCUT2D eigenvalue weighted by molar-refractivity contribution is 5.78. The number of nitrogens with zero attached hydrogens (tertiary/aromatic N) is 4. The fourth-order valence-corrected chi connectivity index (χ4v) is 4.32. The summed E-state index contributed by atoms with van der Waals surface area (Å²) in [6.45, 7) is 6.74. The number of hydrogen-bond donors (Lipinski definition) is 0. The Kier molecular flexibility index (Phi) is 6.87. The van der Waals surface area contributed by atoms with E-state index >= 15 is 0 Å². The highest BCUT2D eigenvalue weighted by atomic mass is 16.5. The Labute approximate surface area is 183 Å². The number of aromatic nitrogens is 2. The van der Waals surface area contributed by atoms with Crippen molar-refractivity contribution in [3.8, 4) is 5.75 Å². The summed E-state index contributed by atoms with van der Waals surface area (Å²) in [5.41, 5.74) is 2.43. The lowest BCUT2D eigenvalue weighted by molar-refractivity contribution is -0.137. The topological polar surface area (TPSA) is 80.9 Å². The molecule has 1 aromatic carbocycles. The second-order valence-corrected chi connectivity index (χ2v) is 8.64. The molecule has 2 aliphatic rings. The largest absolute Gasteiger partial charge is 0.496 e. The number of amides is 1. The third-order valence-electron chi connectivity index (χ3n) is 6.27. The first-order valence-electron chi connectivity index (χ1n) is 11.0.